The summed E-state index contributed by atoms with van der Waals surface area (Å²) in [5.41, 5.74) is -0.343. The summed E-state index contributed by atoms with van der Waals surface area (Å²) in [6, 6.07) is 0. The van der Waals surface area contributed by atoms with Crippen LogP contribution < -0.4 is 15.6 Å². The highest BCUT2D eigenvalue weighted by atomic mass is 127. The first-order valence-corrected chi connectivity index (χ1v) is 10.7. The second-order valence-corrected chi connectivity index (χ2v) is 7.61. The maximum absolute atomic E-state index is 12.9. The molecule has 0 aliphatic rings. The van der Waals surface area contributed by atoms with Crippen molar-refractivity contribution in [2.75, 3.05) is 0 Å². The van der Waals surface area contributed by atoms with Crippen LogP contribution in [0.15, 0.2) is 0 Å². The van der Waals surface area contributed by atoms with Gasteiger partial charge >= 0.3 is 0 Å². The van der Waals surface area contributed by atoms with Crippen molar-refractivity contribution in [1.82, 2.24) is 15.6 Å². The Balaban J connectivity index is 5.29. The number of rotatable bonds is 12. The van der Waals surface area contributed by atoms with E-state index >= 15 is 0 Å². The summed E-state index contributed by atoms with van der Waals surface area (Å²) in [5.74, 6) is 0.0905. The van der Waals surface area contributed by atoms with E-state index in [0.29, 0.717) is 0 Å². The monoisotopic (exact) mass is 642 g/mol. The molecule has 0 aromatic heterocycles. The third-order valence-electron chi connectivity index (χ3n) is 4.21. The highest BCUT2D eigenvalue weighted by Gasteiger charge is 2.44. The van der Waals surface area contributed by atoms with Gasteiger partial charge in [-0.2, -0.15) is 0 Å². The van der Waals surface area contributed by atoms with Crippen LogP contribution >= 0.6 is 68.6 Å². The standard InChI is InChI=1S/C11H24B3I3N4O/c1-5-7-8-10(3,6-2)9(22)18-11(12-19-15,13-20-16)14(4)21-17/h19-21H,5-8H2,1-4H3,(H,18,22). The minimum atomic E-state index is -0.622. The molecule has 124 valence electrons. The number of hydrogen-bond acceptors (Lipinski definition) is 4. The highest BCUT2D eigenvalue weighted by Crippen LogP contribution is 2.29. The van der Waals surface area contributed by atoms with E-state index in [0.717, 1.165) is 25.7 Å². The second-order valence-electron chi connectivity index (χ2n) is 5.74. The summed E-state index contributed by atoms with van der Waals surface area (Å²) < 4.78 is 9.28. The van der Waals surface area contributed by atoms with Gasteiger partial charge in [-0.15, -0.1) is 0 Å². The molecular weight excluding hydrogens is 617 g/mol. The fourth-order valence-corrected chi connectivity index (χ4v) is 3.65. The Morgan fingerprint density at radius 1 is 1.18 bits per heavy atom. The number of carbonyl (C=O) groups excluding carboxylic acids is 1. The number of unbranched alkanes of at least 4 members (excludes halogenated alkanes) is 1. The summed E-state index contributed by atoms with van der Waals surface area (Å²) in [7, 11) is 3.78. The molecule has 11 heteroatoms. The average Bonchev–Trinajstić information content (AvgIpc) is 2.51. The zero-order valence-electron chi connectivity index (χ0n) is 13.6. The van der Waals surface area contributed by atoms with E-state index in [4.69, 9.17) is 0 Å². The van der Waals surface area contributed by atoms with Crippen molar-refractivity contribution in [3.8, 4) is 0 Å². The Labute approximate surface area is 178 Å². The van der Waals surface area contributed by atoms with E-state index in [1.54, 1.807) is 0 Å². The smallest absolute Gasteiger partial charge is 0.240 e. The Kier molecular flexibility index (Phi) is 13.1. The number of nitrogens with one attached hydrogen (secondary N) is 4. The molecule has 0 aromatic carbocycles. The topological polar surface area (TPSA) is 65.2 Å². The van der Waals surface area contributed by atoms with E-state index in [2.05, 4.69) is 105 Å². The van der Waals surface area contributed by atoms with Gasteiger partial charge < -0.3 is 12.2 Å². The lowest BCUT2D eigenvalue weighted by atomic mass is 9.26. The maximum Gasteiger partial charge on any atom is 0.240 e. The highest BCUT2D eigenvalue weighted by molar-refractivity contribution is 14.1. The van der Waals surface area contributed by atoms with E-state index in [1.807, 2.05) is 21.7 Å². The molecule has 0 saturated heterocycles. The molecule has 0 aromatic rings. The van der Waals surface area contributed by atoms with E-state index in [-0.39, 0.29) is 18.2 Å². The summed E-state index contributed by atoms with van der Waals surface area (Å²) in [6.07, 6.45) is 3.90. The molecule has 0 bridgehead atoms. The molecule has 0 aliphatic carbocycles. The van der Waals surface area contributed by atoms with Gasteiger partial charge in [-0.3, -0.25) is 8.24 Å². The first-order valence-electron chi connectivity index (χ1n) is 7.45. The van der Waals surface area contributed by atoms with Crippen molar-refractivity contribution in [3.63, 3.8) is 0 Å². The SMILES string of the molecule is CCCCC(C)(CC)C(=O)NC([B]NI)([B]NI)B(C)NI. The predicted molar refractivity (Wildman–Crippen MR) is 123 cm³/mol. The molecule has 0 saturated carbocycles. The van der Waals surface area contributed by atoms with Crippen molar-refractivity contribution in [2.45, 2.75) is 58.5 Å². The normalized spacial score (nSPS) is 14.1. The molecule has 0 spiro atoms. The van der Waals surface area contributed by atoms with Crippen LogP contribution in [-0.4, -0.2) is 32.8 Å². The molecule has 0 aliphatic heterocycles. The third-order valence-corrected chi connectivity index (χ3v) is 5.76. The largest absolute Gasteiger partial charge is 0.368 e. The van der Waals surface area contributed by atoms with E-state index < -0.39 is 5.24 Å². The average molecular weight is 641 g/mol. The van der Waals surface area contributed by atoms with Gasteiger partial charge in [-0.25, -0.2) is 0 Å². The summed E-state index contributed by atoms with van der Waals surface area (Å²) >= 11 is 6.24. The van der Waals surface area contributed by atoms with Crippen LogP contribution in [0.25, 0.3) is 0 Å². The molecule has 22 heavy (non-hydrogen) atoms. The van der Waals surface area contributed by atoms with E-state index in [9.17, 15) is 4.79 Å². The van der Waals surface area contributed by atoms with Crippen molar-refractivity contribution in [3.05, 3.63) is 0 Å². The molecule has 0 heterocycles. The number of carbonyl (C=O) groups is 1. The Hall–Kier alpha value is 1.73. The van der Waals surface area contributed by atoms with Gasteiger partial charge in [0.2, 0.25) is 27.6 Å². The first-order chi connectivity index (χ1) is 10.4. The molecule has 0 fully saturated rings. The van der Waals surface area contributed by atoms with Gasteiger partial charge in [0.25, 0.3) is 0 Å². The second kappa shape index (κ2) is 12.1. The van der Waals surface area contributed by atoms with E-state index in [1.165, 1.54) is 0 Å². The fourth-order valence-electron chi connectivity index (χ4n) is 2.11. The van der Waals surface area contributed by atoms with Gasteiger partial charge in [-0.05, 0) is 12.8 Å². The Morgan fingerprint density at radius 3 is 2.09 bits per heavy atom. The number of hydrogen-bond donors (Lipinski definition) is 4. The lowest BCUT2D eigenvalue weighted by molar-refractivity contribution is -0.131. The zero-order valence-corrected chi connectivity index (χ0v) is 20.1. The van der Waals surface area contributed by atoms with Crippen molar-refractivity contribution in [2.24, 2.45) is 5.41 Å². The summed E-state index contributed by atoms with van der Waals surface area (Å²) in [5, 5.41) is 2.61. The molecule has 2 radical (unpaired) electrons. The predicted octanol–water partition coefficient (Wildman–Crippen LogP) is 2.58. The first kappa shape index (κ1) is 23.7. The van der Waals surface area contributed by atoms with Crippen LogP contribution in [0.4, 0.5) is 0 Å². The van der Waals surface area contributed by atoms with Gasteiger partial charge in [0.05, 0.1) is 0 Å². The van der Waals surface area contributed by atoms with Crippen LogP contribution in [0.1, 0.15) is 46.5 Å². The van der Waals surface area contributed by atoms with Crippen LogP contribution in [0.2, 0.25) is 6.82 Å². The molecular formula is C11H24B3I3N4O. The lowest BCUT2D eigenvalue weighted by Crippen LogP contribution is -2.73. The van der Waals surface area contributed by atoms with Crippen LogP contribution in [0, 0.1) is 5.41 Å². The molecule has 5 nitrogen and oxygen atoms in total. The minimum Gasteiger partial charge on any atom is -0.368 e. The molecule has 1 amide bonds. The minimum absolute atomic E-state index is 0.0221. The third kappa shape index (κ3) is 6.92. The van der Waals surface area contributed by atoms with Crippen molar-refractivity contribution < 1.29 is 4.79 Å². The van der Waals surface area contributed by atoms with Gasteiger partial charge in [-0.1, -0.05) is 40.4 Å². The van der Waals surface area contributed by atoms with Gasteiger partial charge in [0.15, 0.2) is 0 Å². The maximum atomic E-state index is 12.9. The molecule has 1 unspecified atom stereocenters. The van der Waals surface area contributed by atoms with Crippen LogP contribution in [0.5, 0.6) is 0 Å². The quantitative estimate of drug-likeness (QED) is 0.151. The Bertz CT molecular complexity index is 338. The van der Waals surface area contributed by atoms with Crippen LogP contribution in [0.3, 0.4) is 0 Å². The number of amides is 1. The van der Waals surface area contributed by atoms with Gasteiger partial charge in [0.1, 0.15) is 0 Å². The lowest BCUT2D eigenvalue weighted by Gasteiger charge is -2.39. The fraction of sp³-hybridized carbons (Fsp3) is 0.909. The molecule has 0 rings (SSSR count). The zero-order chi connectivity index (χ0) is 17.2. The molecule has 4 N–H and O–H groups in total. The van der Waals surface area contributed by atoms with Crippen molar-refractivity contribution >= 4 is 96.2 Å². The Morgan fingerprint density at radius 2 is 1.73 bits per heavy atom. The van der Waals surface area contributed by atoms with Crippen molar-refractivity contribution in [1.29, 1.82) is 0 Å². The summed E-state index contributed by atoms with van der Waals surface area (Å²) in [6.45, 7) is 8.35. The summed E-state index contributed by atoms with van der Waals surface area (Å²) in [4.78, 5) is 12.9. The molecule has 1 atom stereocenters. The number of halogens is 3. The van der Waals surface area contributed by atoms with Gasteiger partial charge in [0, 0.05) is 79.2 Å². The van der Waals surface area contributed by atoms with Crippen LogP contribution in [-0.2, 0) is 4.79 Å².